The lowest BCUT2D eigenvalue weighted by Gasteiger charge is -2.10. The molecule has 0 spiro atoms. The largest absolute Gasteiger partial charge is 0.228 e. The fourth-order valence-corrected chi connectivity index (χ4v) is 3.84. The van der Waals surface area contributed by atoms with Crippen LogP contribution in [-0.4, -0.2) is 9.97 Å². The quantitative estimate of drug-likeness (QED) is 0.253. The highest BCUT2D eigenvalue weighted by Crippen LogP contribution is 2.30. The summed E-state index contributed by atoms with van der Waals surface area (Å²) in [5, 5.41) is 1.07. The maximum atomic E-state index is 4.94. The lowest BCUT2D eigenvalue weighted by Crippen LogP contribution is -1.95. The van der Waals surface area contributed by atoms with Crippen molar-refractivity contribution in [3.63, 3.8) is 0 Å². The van der Waals surface area contributed by atoms with Gasteiger partial charge in [-0.15, -0.1) is 0 Å². The minimum Gasteiger partial charge on any atom is -0.228 e. The van der Waals surface area contributed by atoms with Gasteiger partial charge < -0.3 is 0 Å². The molecular formula is C26H17IN2. The fraction of sp³-hybridized carbons (Fsp3) is 0. The Morgan fingerprint density at radius 1 is 0.483 bits per heavy atom. The Morgan fingerprint density at radius 2 is 1.07 bits per heavy atom. The van der Waals surface area contributed by atoms with E-state index in [0.717, 1.165) is 33.5 Å². The molecule has 0 atom stereocenters. The third-order valence-electron chi connectivity index (χ3n) is 4.97. The Balaban J connectivity index is 1.61. The van der Waals surface area contributed by atoms with Crippen LogP contribution in [0.3, 0.4) is 0 Å². The molecule has 0 saturated heterocycles. The van der Waals surface area contributed by atoms with Crippen molar-refractivity contribution in [1.29, 1.82) is 0 Å². The molecule has 0 saturated carbocycles. The van der Waals surface area contributed by atoms with E-state index in [4.69, 9.17) is 9.97 Å². The number of hydrogen-bond donors (Lipinski definition) is 0. The molecule has 0 aliphatic rings. The average Bonchev–Trinajstić information content (AvgIpc) is 2.79. The van der Waals surface area contributed by atoms with Gasteiger partial charge in [-0.05, 0) is 51.9 Å². The molecule has 29 heavy (non-hydrogen) atoms. The van der Waals surface area contributed by atoms with Crippen molar-refractivity contribution in [2.45, 2.75) is 0 Å². The zero-order valence-corrected chi connectivity index (χ0v) is 17.7. The molecule has 138 valence electrons. The van der Waals surface area contributed by atoms with Gasteiger partial charge in [0.25, 0.3) is 0 Å². The first-order chi connectivity index (χ1) is 14.3. The van der Waals surface area contributed by atoms with Gasteiger partial charge in [0.2, 0.25) is 0 Å². The van der Waals surface area contributed by atoms with Crippen LogP contribution in [-0.2, 0) is 0 Å². The van der Waals surface area contributed by atoms with E-state index in [1.807, 2.05) is 36.4 Å². The first-order valence-corrected chi connectivity index (χ1v) is 10.5. The number of halogens is 1. The summed E-state index contributed by atoms with van der Waals surface area (Å²) < 4.78 is 1.24. The second kappa shape index (κ2) is 7.76. The van der Waals surface area contributed by atoms with Gasteiger partial charge in [0, 0.05) is 20.1 Å². The Labute approximate surface area is 183 Å². The van der Waals surface area contributed by atoms with Gasteiger partial charge in [-0.2, -0.15) is 0 Å². The van der Waals surface area contributed by atoms with E-state index in [9.17, 15) is 0 Å². The van der Waals surface area contributed by atoms with Crippen molar-refractivity contribution in [3.8, 4) is 33.8 Å². The van der Waals surface area contributed by atoms with E-state index in [1.54, 1.807) is 0 Å². The third-order valence-corrected chi connectivity index (χ3v) is 5.69. The zero-order valence-electron chi connectivity index (χ0n) is 15.6. The van der Waals surface area contributed by atoms with Crippen LogP contribution in [0.2, 0.25) is 0 Å². The molecule has 0 amide bonds. The number of nitrogens with zero attached hydrogens (tertiary/aromatic N) is 2. The molecule has 1 aromatic heterocycles. The zero-order chi connectivity index (χ0) is 19.6. The Morgan fingerprint density at radius 3 is 1.79 bits per heavy atom. The molecule has 3 heteroatoms. The van der Waals surface area contributed by atoms with Crippen LogP contribution in [0.15, 0.2) is 103 Å². The van der Waals surface area contributed by atoms with E-state index < -0.39 is 0 Å². The number of fused-ring (bicyclic) bond motifs is 1. The summed E-state index contributed by atoms with van der Waals surface area (Å²) in [7, 11) is 0. The number of aromatic nitrogens is 2. The van der Waals surface area contributed by atoms with Crippen LogP contribution < -0.4 is 0 Å². The van der Waals surface area contributed by atoms with E-state index in [2.05, 4.69) is 89.3 Å². The summed E-state index contributed by atoms with van der Waals surface area (Å²) in [6.07, 6.45) is 0. The summed E-state index contributed by atoms with van der Waals surface area (Å²) in [5.41, 5.74) is 6.44. The van der Waals surface area contributed by atoms with E-state index in [-0.39, 0.29) is 0 Å². The maximum absolute atomic E-state index is 4.94. The van der Waals surface area contributed by atoms with E-state index in [0.29, 0.717) is 0 Å². The molecule has 0 bridgehead atoms. The molecule has 0 N–H and O–H groups in total. The van der Waals surface area contributed by atoms with E-state index >= 15 is 0 Å². The molecule has 2 nitrogen and oxygen atoms in total. The minimum atomic E-state index is 0.747. The molecule has 0 aliphatic heterocycles. The standard InChI is InChI=1S/C26H17IN2/c27-22-16-14-19(15-17-22)18-10-12-21(13-11-18)26-28-24-9-5-4-8-23(24)25(29-26)20-6-2-1-3-7-20/h1-17H. The Bertz CT molecular complexity index is 1280. The molecule has 5 aromatic rings. The van der Waals surface area contributed by atoms with Gasteiger partial charge in [0.1, 0.15) is 0 Å². The second-order valence-corrected chi connectivity index (χ2v) is 8.11. The molecule has 0 unspecified atom stereocenters. The van der Waals surface area contributed by atoms with Gasteiger partial charge in [0.15, 0.2) is 5.82 Å². The third kappa shape index (κ3) is 3.66. The van der Waals surface area contributed by atoms with Crippen molar-refractivity contribution in [2.75, 3.05) is 0 Å². The van der Waals surface area contributed by atoms with Gasteiger partial charge in [0.05, 0.1) is 11.2 Å². The number of para-hydroxylation sites is 1. The lowest BCUT2D eigenvalue weighted by atomic mass is 10.0. The van der Waals surface area contributed by atoms with Crippen molar-refractivity contribution >= 4 is 33.5 Å². The fourth-order valence-electron chi connectivity index (χ4n) is 3.48. The van der Waals surface area contributed by atoms with Crippen molar-refractivity contribution in [2.24, 2.45) is 0 Å². The SMILES string of the molecule is Ic1ccc(-c2ccc(-c3nc(-c4ccccc4)c4ccccc4n3)cc2)cc1. The van der Waals surface area contributed by atoms with Crippen LogP contribution in [0.1, 0.15) is 0 Å². The average molecular weight is 484 g/mol. The molecule has 4 aromatic carbocycles. The lowest BCUT2D eigenvalue weighted by molar-refractivity contribution is 1.23. The van der Waals surface area contributed by atoms with Crippen molar-refractivity contribution < 1.29 is 0 Å². The summed E-state index contributed by atoms with van der Waals surface area (Å²) in [6, 6.07) is 35.5. The molecule has 0 fully saturated rings. The monoisotopic (exact) mass is 484 g/mol. The normalized spacial score (nSPS) is 10.9. The van der Waals surface area contributed by atoms with Crippen LogP contribution in [0.5, 0.6) is 0 Å². The number of benzene rings is 4. The van der Waals surface area contributed by atoms with Crippen LogP contribution in [0.4, 0.5) is 0 Å². The first-order valence-electron chi connectivity index (χ1n) is 9.46. The van der Waals surface area contributed by atoms with Crippen LogP contribution in [0, 0.1) is 3.57 Å². The molecule has 0 aliphatic carbocycles. The Kier molecular flexibility index (Phi) is 4.82. The van der Waals surface area contributed by atoms with Crippen LogP contribution in [0.25, 0.3) is 44.7 Å². The second-order valence-electron chi connectivity index (χ2n) is 6.86. The van der Waals surface area contributed by atoms with Crippen molar-refractivity contribution in [3.05, 3.63) is 107 Å². The maximum Gasteiger partial charge on any atom is 0.160 e. The predicted octanol–water partition coefficient (Wildman–Crippen LogP) is 7.24. The molecule has 0 radical (unpaired) electrons. The Hall–Kier alpha value is -3.05. The van der Waals surface area contributed by atoms with Gasteiger partial charge >= 0.3 is 0 Å². The molecule has 5 rings (SSSR count). The molecule has 1 heterocycles. The highest BCUT2D eigenvalue weighted by Gasteiger charge is 2.11. The van der Waals surface area contributed by atoms with Crippen molar-refractivity contribution in [1.82, 2.24) is 9.97 Å². The summed E-state index contributed by atoms with van der Waals surface area (Å²) in [5.74, 6) is 0.747. The highest BCUT2D eigenvalue weighted by atomic mass is 127. The highest BCUT2D eigenvalue weighted by molar-refractivity contribution is 14.1. The van der Waals surface area contributed by atoms with Gasteiger partial charge in [-0.3, -0.25) is 0 Å². The van der Waals surface area contributed by atoms with E-state index in [1.165, 1.54) is 14.7 Å². The van der Waals surface area contributed by atoms with Gasteiger partial charge in [-0.25, -0.2) is 9.97 Å². The minimum absolute atomic E-state index is 0.747. The smallest absolute Gasteiger partial charge is 0.160 e. The summed E-state index contributed by atoms with van der Waals surface area (Å²) in [4.78, 5) is 9.78. The van der Waals surface area contributed by atoms with Crippen LogP contribution >= 0.6 is 22.6 Å². The summed E-state index contributed by atoms with van der Waals surface area (Å²) in [6.45, 7) is 0. The summed E-state index contributed by atoms with van der Waals surface area (Å²) >= 11 is 2.33. The molecular weight excluding hydrogens is 467 g/mol. The number of rotatable bonds is 3. The first kappa shape index (κ1) is 18.0. The van der Waals surface area contributed by atoms with Gasteiger partial charge in [-0.1, -0.05) is 84.9 Å². The predicted molar refractivity (Wildman–Crippen MR) is 129 cm³/mol. The topological polar surface area (TPSA) is 25.8 Å². The number of hydrogen-bond acceptors (Lipinski definition) is 2.